The standard InChI is InChI=1S/C11H16N2O3S2/c12-18(15,16)10-6-8(7-17-10)11(14)13-9-4-2-1-3-5-9/h6-7,9H,1-5H2,(H,13,14)(H2,12,15,16). The SMILES string of the molecule is NS(=O)(=O)c1cc(C(=O)NC2CCCCC2)cs1. The molecule has 1 aliphatic rings. The van der Waals surface area contributed by atoms with Gasteiger partial charge in [0.2, 0.25) is 10.0 Å². The van der Waals surface area contributed by atoms with Crippen molar-refractivity contribution in [2.45, 2.75) is 42.4 Å². The van der Waals surface area contributed by atoms with Crippen LogP contribution >= 0.6 is 11.3 Å². The summed E-state index contributed by atoms with van der Waals surface area (Å²) in [5.74, 6) is -0.215. The van der Waals surface area contributed by atoms with E-state index < -0.39 is 10.0 Å². The minimum Gasteiger partial charge on any atom is -0.349 e. The molecule has 0 aliphatic heterocycles. The molecule has 18 heavy (non-hydrogen) atoms. The van der Waals surface area contributed by atoms with E-state index in [4.69, 9.17) is 5.14 Å². The summed E-state index contributed by atoms with van der Waals surface area (Å²) < 4.78 is 22.3. The van der Waals surface area contributed by atoms with E-state index >= 15 is 0 Å². The summed E-state index contributed by atoms with van der Waals surface area (Å²) in [4.78, 5) is 11.9. The van der Waals surface area contributed by atoms with Gasteiger partial charge in [0, 0.05) is 11.4 Å². The number of sulfonamides is 1. The lowest BCUT2D eigenvalue weighted by Crippen LogP contribution is -2.35. The molecule has 100 valence electrons. The Morgan fingerprint density at radius 1 is 1.33 bits per heavy atom. The molecule has 5 nitrogen and oxygen atoms in total. The van der Waals surface area contributed by atoms with Gasteiger partial charge in [0.1, 0.15) is 4.21 Å². The average molecular weight is 288 g/mol. The zero-order valence-electron chi connectivity index (χ0n) is 9.89. The largest absolute Gasteiger partial charge is 0.349 e. The first-order chi connectivity index (χ1) is 8.47. The molecule has 3 N–H and O–H groups in total. The zero-order chi connectivity index (χ0) is 13.2. The average Bonchev–Trinajstić information content (AvgIpc) is 2.79. The smallest absolute Gasteiger partial charge is 0.252 e. The van der Waals surface area contributed by atoms with Gasteiger partial charge >= 0.3 is 0 Å². The molecule has 1 aliphatic carbocycles. The predicted octanol–water partition coefficient (Wildman–Crippen LogP) is 1.46. The molecule has 2 rings (SSSR count). The highest BCUT2D eigenvalue weighted by atomic mass is 32.2. The monoisotopic (exact) mass is 288 g/mol. The van der Waals surface area contributed by atoms with E-state index in [0.29, 0.717) is 5.56 Å². The van der Waals surface area contributed by atoms with Crippen LogP contribution in [0.2, 0.25) is 0 Å². The van der Waals surface area contributed by atoms with E-state index in [9.17, 15) is 13.2 Å². The number of thiophene rings is 1. The summed E-state index contributed by atoms with van der Waals surface area (Å²) in [6.45, 7) is 0. The van der Waals surface area contributed by atoms with Crippen LogP contribution in [0.1, 0.15) is 42.5 Å². The molecular formula is C11H16N2O3S2. The van der Waals surface area contributed by atoms with Crippen molar-refractivity contribution in [1.82, 2.24) is 5.32 Å². The fourth-order valence-corrected chi connectivity index (χ4v) is 3.69. The van der Waals surface area contributed by atoms with Gasteiger partial charge in [-0.05, 0) is 18.9 Å². The van der Waals surface area contributed by atoms with E-state index in [0.717, 1.165) is 37.0 Å². The number of primary sulfonamides is 1. The van der Waals surface area contributed by atoms with Crippen LogP contribution in [0.3, 0.4) is 0 Å². The molecule has 1 heterocycles. The third kappa shape index (κ3) is 3.30. The van der Waals surface area contributed by atoms with Crippen LogP contribution in [0.4, 0.5) is 0 Å². The Hall–Kier alpha value is -0.920. The summed E-state index contributed by atoms with van der Waals surface area (Å²) in [6.07, 6.45) is 5.49. The van der Waals surface area contributed by atoms with Crippen LogP contribution in [0.5, 0.6) is 0 Å². The molecule has 1 amide bonds. The van der Waals surface area contributed by atoms with Crippen LogP contribution in [-0.2, 0) is 10.0 Å². The molecule has 0 bridgehead atoms. The lowest BCUT2D eigenvalue weighted by Gasteiger charge is -2.22. The first-order valence-electron chi connectivity index (χ1n) is 5.89. The molecule has 1 aromatic heterocycles. The normalized spacial score (nSPS) is 17.6. The summed E-state index contributed by atoms with van der Waals surface area (Å²) in [5, 5.41) is 9.46. The van der Waals surface area contributed by atoms with Gasteiger partial charge in [0.05, 0.1) is 5.56 Å². The number of carbonyl (C=O) groups excluding carboxylic acids is 1. The number of amides is 1. The third-order valence-corrected chi connectivity index (χ3v) is 5.44. The van der Waals surface area contributed by atoms with E-state index in [1.165, 1.54) is 17.9 Å². The Bertz CT molecular complexity index is 530. The Labute approximate surface area is 110 Å². The van der Waals surface area contributed by atoms with Gasteiger partial charge in [0.15, 0.2) is 0 Å². The lowest BCUT2D eigenvalue weighted by atomic mass is 9.95. The Morgan fingerprint density at radius 2 is 2.00 bits per heavy atom. The number of rotatable bonds is 3. The van der Waals surface area contributed by atoms with Crippen molar-refractivity contribution in [1.29, 1.82) is 0 Å². The Balaban J connectivity index is 2.02. The maximum Gasteiger partial charge on any atom is 0.252 e. The minimum absolute atomic E-state index is 0.0243. The van der Waals surface area contributed by atoms with Gasteiger partial charge in [-0.3, -0.25) is 4.79 Å². The maximum atomic E-state index is 11.9. The maximum absolute atomic E-state index is 11.9. The number of nitrogens with two attached hydrogens (primary N) is 1. The lowest BCUT2D eigenvalue weighted by molar-refractivity contribution is 0.0928. The van der Waals surface area contributed by atoms with Crippen LogP contribution < -0.4 is 10.5 Å². The highest BCUT2D eigenvalue weighted by molar-refractivity contribution is 7.91. The molecule has 0 aromatic carbocycles. The van der Waals surface area contributed by atoms with E-state index in [-0.39, 0.29) is 16.2 Å². The van der Waals surface area contributed by atoms with E-state index in [1.54, 1.807) is 0 Å². The summed E-state index contributed by atoms with van der Waals surface area (Å²) in [5.41, 5.74) is 0.370. The van der Waals surface area contributed by atoms with Crippen LogP contribution in [0.25, 0.3) is 0 Å². The molecule has 0 saturated heterocycles. The van der Waals surface area contributed by atoms with Crippen LogP contribution in [-0.4, -0.2) is 20.4 Å². The summed E-state index contributed by atoms with van der Waals surface area (Å²) in [7, 11) is -3.71. The topological polar surface area (TPSA) is 89.3 Å². The Morgan fingerprint density at radius 3 is 2.56 bits per heavy atom. The Kier molecular flexibility index (Phi) is 4.04. The van der Waals surface area contributed by atoms with Gasteiger partial charge in [-0.1, -0.05) is 19.3 Å². The molecule has 7 heteroatoms. The first-order valence-corrected chi connectivity index (χ1v) is 8.31. The molecular weight excluding hydrogens is 272 g/mol. The molecule has 0 spiro atoms. The molecule has 1 aromatic rings. The fourth-order valence-electron chi connectivity index (χ4n) is 2.10. The second-order valence-electron chi connectivity index (χ2n) is 4.51. The zero-order valence-corrected chi connectivity index (χ0v) is 11.5. The second-order valence-corrected chi connectivity index (χ2v) is 7.21. The van der Waals surface area contributed by atoms with Crippen molar-refractivity contribution in [3.05, 3.63) is 17.0 Å². The summed E-state index contributed by atoms with van der Waals surface area (Å²) in [6, 6.07) is 1.54. The van der Waals surface area contributed by atoms with Gasteiger partial charge in [-0.25, -0.2) is 13.6 Å². The highest BCUT2D eigenvalue weighted by Crippen LogP contribution is 2.21. The minimum atomic E-state index is -3.71. The van der Waals surface area contributed by atoms with Crippen LogP contribution in [0, 0.1) is 0 Å². The van der Waals surface area contributed by atoms with Crippen molar-refractivity contribution >= 4 is 27.3 Å². The van der Waals surface area contributed by atoms with Crippen molar-refractivity contribution in [2.24, 2.45) is 5.14 Å². The molecule has 1 saturated carbocycles. The second kappa shape index (κ2) is 5.38. The van der Waals surface area contributed by atoms with Gasteiger partial charge in [-0.2, -0.15) is 0 Å². The summed E-state index contributed by atoms with van der Waals surface area (Å²) >= 11 is 0.973. The third-order valence-electron chi connectivity index (χ3n) is 3.06. The first kappa shape index (κ1) is 13.5. The number of hydrogen-bond acceptors (Lipinski definition) is 4. The molecule has 0 unspecified atom stereocenters. The molecule has 0 atom stereocenters. The van der Waals surface area contributed by atoms with Gasteiger partial charge in [-0.15, -0.1) is 11.3 Å². The van der Waals surface area contributed by atoms with Gasteiger partial charge in [0.25, 0.3) is 5.91 Å². The van der Waals surface area contributed by atoms with Crippen molar-refractivity contribution in [3.63, 3.8) is 0 Å². The molecule has 1 fully saturated rings. The van der Waals surface area contributed by atoms with Crippen molar-refractivity contribution < 1.29 is 13.2 Å². The fraction of sp³-hybridized carbons (Fsp3) is 0.545. The molecule has 0 radical (unpaired) electrons. The van der Waals surface area contributed by atoms with Crippen LogP contribution in [0.15, 0.2) is 15.7 Å². The van der Waals surface area contributed by atoms with Crippen molar-refractivity contribution in [3.8, 4) is 0 Å². The number of hydrogen-bond donors (Lipinski definition) is 2. The van der Waals surface area contributed by atoms with E-state index in [1.807, 2.05) is 0 Å². The quantitative estimate of drug-likeness (QED) is 0.882. The number of carbonyl (C=O) groups is 1. The van der Waals surface area contributed by atoms with Crippen molar-refractivity contribution in [2.75, 3.05) is 0 Å². The predicted molar refractivity (Wildman–Crippen MR) is 70.0 cm³/mol. The van der Waals surface area contributed by atoms with E-state index in [2.05, 4.69) is 5.32 Å². The van der Waals surface area contributed by atoms with Gasteiger partial charge < -0.3 is 5.32 Å². The number of nitrogens with one attached hydrogen (secondary N) is 1. The highest BCUT2D eigenvalue weighted by Gasteiger charge is 2.19.